The topological polar surface area (TPSA) is 76.6 Å². The number of hydrogen-bond donors (Lipinski definition) is 1. The summed E-state index contributed by atoms with van der Waals surface area (Å²) in [6.07, 6.45) is 0. The van der Waals surface area contributed by atoms with Gasteiger partial charge in [0.25, 0.3) is 0 Å². The van der Waals surface area contributed by atoms with Gasteiger partial charge in [-0.3, -0.25) is 0 Å². The van der Waals surface area contributed by atoms with Crippen molar-refractivity contribution in [2.75, 3.05) is 111 Å². The highest BCUT2D eigenvalue weighted by Crippen LogP contribution is 1.86. The van der Waals surface area contributed by atoms with Crippen molar-refractivity contribution >= 4 is 15.9 Å². The normalized spacial score (nSPS) is 11.3. The fourth-order valence-corrected chi connectivity index (χ4v) is 1.88. The van der Waals surface area contributed by atoms with E-state index < -0.39 is 0 Å². The summed E-state index contributed by atoms with van der Waals surface area (Å²) in [5.41, 5.74) is 0. The summed E-state index contributed by atoms with van der Waals surface area (Å²) in [4.78, 5) is 0. The highest BCUT2D eigenvalue weighted by Gasteiger charge is 1.94. The van der Waals surface area contributed by atoms with Gasteiger partial charge in [-0.25, -0.2) is 0 Å². The van der Waals surface area contributed by atoms with Crippen LogP contribution in [0.5, 0.6) is 0 Å². The molecule has 0 saturated heterocycles. The van der Waals surface area contributed by atoms with E-state index in [0.29, 0.717) is 92.5 Å². The lowest BCUT2D eigenvalue weighted by Crippen LogP contribution is -2.17. The van der Waals surface area contributed by atoms with Gasteiger partial charge >= 0.3 is 0 Å². The number of hydrogen-bond acceptors (Lipinski definition) is 8. The summed E-state index contributed by atoms with van der Waals surface area (Å²) < 4.78 is 37.5. The van der Waals surface area contributed by atoms with Crippen molar-refractivity contribution in [2.45, 2.75) is 0 Å². The molecule has 0 heterocycles. The lowest BCUT2D eigenvalue weighted by atomic mass is 10.6. The fraction of sp³-hybridized carbons (Fsp3) is 1.00. The predicted molar refractivity (Wildman–Crippen MR) is 103 cm³/mol. The standard InChI is InChI=1S/C17H36BrNO7/c1-19-3-5-21-7-9-23-11-13-25-15-17-26-16-14-24-12-10-22-8-6-20-4-2-18/h19H,2-17H2,1H3. The van der Waals surface area contributed by atoms with Gasteiger partial charge in [0, 0.05) is 11.9 Å². The minimum Gasteiger partial charge on any atom is -0.378 e. The zero-order valence-electron chi connectivity index (χ0n) is 16.0. The molecule has 0 aromatic heterocycles. The van der Waals surface area contributed by atoms with Gasteiger partial charge in [-0.2, -0.15) is 0 Å². The van der Waals surface area contributed by atoms with Crippen LogP contribution in [-0.4, -0.2) is 111 Å². The Balaban J connectivity index is 2.95. The fourth-order valence-electron chi connectivity index (χ4n) is 1.65. The van der Waals surface area contributed by atoms with E-state index in [2.05, 4.69) is 21.2 Å². The molecule has 0 rings (SSSR count). The predicted octanol–water partition coefficient (Wildman–Crippen LogP) is 0.717. The van der Waals surface area contributed by atoms with E-state index in [1.54, 1.807) is 0 Å². The Morgan fingerprint density at radius 3 is 1.00 bits per heavy atom. The first kappa shape index (κ1) is 26.2. The maximum absolute atomic E-state index is 5.41. The molecule has 0 fully saturated rings. The Bertz CT molecular complexity index is 229. The summed E-state index contributed by atoms with van der Waals surface area (Å²) in [5.74, 6) is 0. The van der Waals surface area contributed by atoms with Gasteiger partial charge in [-0.05, 0) is 7.05 Å². The van der Waals surface area contributed by atoms with Crippen molar-refractivity contribution in [1.29, 1.82) is 0 Å². The van der Waals surface area contributed by atoms with Gasteiger partial charge in [0.2, 0.25) is 0 Å². The lowest BCUT2D eigenvalue weighted by Gasteiger charge is -2.08. The molecule has 0 aliphatic rings. The van der Waals surface area contributed by atoms with Gasteiger partial charge in [0.1, 0.15) is 0 Å². The van der Waals surface area contributed by atoms with Crippen LogP contribution in [0.25, 0.3) is 0 Å². The molecule has 0 aliphatic heterocycles. The number of ether oxygens (including phenoxy) is 7. The van der Waals surface area contributed by atoms with Crippen molar-refractivity contribution in [1.82, 2.24) is 5.32 Å². The summed E-state index contributed by atoms with van der Waals surface area (Å²) in [6.45, 7) is 9.17. The molecule has 0 saturated carbocycles. The van der Waals surface area contributed by atoms with Gasteiger partial charge < -0.3 is 38.5 Å². The van der Waals surface area contributed by atoms with Crippen LogP contribution in [0, 0.1) is 0 Å². The van der Waals surface area contributed by atoms with E-state index in [1.807, 2.05) is 7.05 Å². The third-order valence-corrected chi connectivity index (χ3v) is 3.27. The number of rotatable bonds is 23. The van der Waals surface area contributed by atoms with Crippen molar-refractivity contribution in [2.24, 2.45) is 0 Å². The summed E-state index contributed by atoms with van der Waals surface area (Å²) in [6, 6.07) is 0. The smallest absolute Gasteiger partial charge is 0.0701 e. The molecule has 8 nitrogen and oxygen atoms in total. The van der Waals surface area contributed by atoms with Crippen LogP contribution >= 0.6 is 15.9 Å². The van der Waals surface area contributed by atoms with Gasteiger partial charge in [0.05, 0.1) is 92.5 Å². The number of alkyl halides is 1. The molecule has 0 aromatic carbocycles. The molecule has 0 radical (unpaired) electrons. The van der Waals surface area contributed by atoms with Gasteiger partial charge in [-0.15, -0.1) is 0 Å². The second-order valence-corrected chi connectivity index (χ2v) is 5.87. The molecule has 0 bridgehead atoms. The molecule has 0 aromatic rings. The minimum absolute atomic E-state index is 0.553. The Labute approximate surface area is 166 Å². The number of halogens is 1. The Hall–Kier alpha value is 0.160. The molecule has 0 aliphatic carbocycles. The number of nitrogens with one attached hydrogen (secondary N) is 1. The van der Waals surface area contributed by atoms with Crippen LogP contribution in [0.15, 0.2) is 0 Å². The molecule has 0 amide bonds. The first-order valence-electron chi connectivity index (χ1n) is 9.16. The lowest BCUT2D eigenvalue weighted by molar-refractivity contribution is -0.0199. The Kier molecular flexibility index (Phi) is 25.3. The Morgan fingerprint density at radius 1 is 0.462 bits per heavy atom. The van der Waals surface area contributed by atoms with E-state index >= 15 is 0 Å². The molecule has 9 heteroatoms. The van der Waals surface area contributed by atoms with E-state index in [0.717, 1.165) is 11.9 Å². The van der Waals surface area contributed by atoms with Crippen molar-refractivity contribution < 1.29 is 33.2 Å². The first-order valence-corrected chi connectivity index (χ1v) is 10.3. The van der Waals surface area contributed by atoms with Crippen LogP contribution in [-0.2, 0) is 33.2 Å². The minimum atomic E-state index is 0.553. The maximum atomic E-state index is 5.41. The Morgan fingerprint density at radius 2 is 0.731 bits per heavy atom. The third-order valence-electron chi connectivity index (χ3n) is 2.95. The molecule has 0 atom stereocenters. The zero-order chi connectivity index (χ0) is 19.0. The van der Waals surface area contributed by atoms with Crippen LogP contribution in [0.1, 0.15) is 0 Å². The highest BCUT2D eigenvalue weighted by molar-refractivity contribution is 9.09. The molecule has 0 spiro atoms. The molecule has 1 N–H and O–H groups in total. The third kappa shape index (κ3) is 24.2. The van der Waals surface area contributed by atoms with Crippen LogP contribution in [0.3, 0.4) is 0 Å². The second-order valence-electron chi connectivity index (χ2n) is 5.08. The second kappa shape index (κ2) is 25.2. The van der Waals surface area contributed by atoms with E-state index in [4.69, 9.17) is 33.2 Å². The van der Waals surface area contributed by atoms with Gasteiger partial charge in [-0.1, -0.05) is 15.9 Å². The molecule has 0 unspecified atom stereocenters. The molecular weight excluding hydrogens is 410 g/mol. The largest absolute Gasteiger partial charge is 0.378 e. The van der Waals surface area contributed by atoms with Gasteiger partial charge in [0.15, 0.2) is 0 Å². The summed E-state index contributed by atoms with van der Waals surface area (Å²) >= 11 is 3.29. The zero-order valence-corrected chi connectivity index (χ0v) is 17.6. The van der Waals surface area contributed by atoms with Crippen molar-refractivity contribution in [3.8, 4) is 0 Å². The van der Waals surface area contributed by atoms with Crippen LogP contribution < -0.4 is 5.32 Å². The van der Waals surface area contributed by atoms with Crippen molar-refractivity contribution in [3.05, 3.63) is 0 Å². The van der Waals surface area contributed by atoms with E-state index in [9.17, 15) is 0 Å². The van der Waals surface area contributed by atoms with E-state index in [-0.39, 0.29) is 0 Å². The highest BCUT2D eigenvalue weighted by atomic mass is 79.9. The monoisotopic (exact) mass is 445 g/mol. The van der Waals surface area contributed by atoms with Crippen LogP contribution in [0.4, 0.5) is 0 Å². The summed E-state index contributed by atoms with van der Waals surface area (Å²) in [7, 11) is 1.90. The number of likely N-dealkylation sites (N-methyl/N-ethyl adjacent to an activating group) is 1. The molecular formula is C17H36BrNO7. The quantitative estimate of drug-likeness (QED) is 0.182. The molecule has 158 valence electrons. The average Bonchev–Trinajstić information content (AvgIpc) is 2.66. The molecule has 26 heavy (non-hydrogen) atoms. The van der Waals surface area contributed by atoms with E-state index in [1.165, 1.54) is 0 Å². The SMILES string of the molecule is CNCCOCCOCCOCCOCCOCCOCCOCCBr. The van der Waals surface area contributed by atoms with Crippen molar-refractivity contribution in [3.63, 3.8) is 0 Å². The average molecular weight is 446 g/mol. The first-order chi connectivity index (χ1) is 12.9. The maximum Gasteiger partial charge on any atom is 0.0701 e. The van der Waals surface area contributed by atoms with Crippen LogP contribution in [0.2, 0.25) is 0 Å². The summed E-state index contributed by atoms with van der Waals surface area (Å²) in [5, 5.41) is 3.86.